The highest BCUT2D eigenvalue weighted by atomic mass is 16.7. The molecule has 2 heteroatoms. The quantitative estimate of drug-likeness (QED) is 0.292. The first-order chi connectivity index (χ1) is 10.7. The number of rotatable bonds is 13. The Bertz CT molecular complexity index is 252. The molecule has 0 amide bonds. The minimum atomic E-state index is -0.316. The minimum absolute atomic E-state index is 0.316. The monoisotopic (exact) mass is 312 g/mol. The van der Waals surface area contributed by atoms with E-state index in [1.165, 1.54) is 70.6 Å². The Morgan fingerprint density at radius 1 is 0.864 bits per heavy atom. The molecule has 132 valence electrons. The maximum Gasteiger partial charge on any atom is 0.173 e. The van der Waals surface area contributed by atoms with Gasteiger partial charge in [-0.25, -0.2) is 0 Å². The van der Waals surface area contributed by atoms with Gasteiger partial charge in [0.15, 0.2) is 5.79 Å². The van der Waals surface area contributed by atoms with E-state index in [1.54, 1.807) is 0 Å². The van der Waals surface area contributed by atoms with Crippen molar-refractivity contribution in [1.82, 2.24) is 0 Å². The lowest BCUT2D eigenvalue weighted by Gasteiger charge is -2.43. The van der Waals surface area contributed by atoms with E-state index in [4.69, 9.17) is 9.47 Å². The number of ether oxygens (including phenoxy) is 2. The third kappa shape index (κ3) is 5.85. The largest absolute Gasteiger partial charge is 0.350 e. The fraction of sp³-hybridized carbons (Fsp3) is 1.00. The zero-order chi connectivity index (χ0) is 16.3. The Hall–Kier alpha value is -0.0800. The molecule has 1 aliphatic rings. The molecule has 1 saturated carbocycles. The van der Waals surface area contributed by atoms with Crippen LogP contribution >= 0.6 is 0 Å². The molecule has 0 aromatic carbocycles. The van der Waals surface area contributed by atoms with Crippen molar-refractivity contribution in [2.24, 2.45) is 11.8 Å². The maximum atomic E-state index is 6.29. The highest BCUT2D eigenvalue weighted by Gasteiger charge is 2.45. The van der Waals surface area contributed by atoms with E-state index in [2.05, 4.69) is 27.7 Å². The lowest BCUT2D eigenvalue weighted by atomic mass is 9.83. The van der Waals surface area contributed by atoms with E-state index in [1.807, 2.05) is 0 Å². The molecule has 1 fully saturated rings. The lowest BCUT2D eigenvalue weighted by Crippen LogP contribution is -2.48. The Morgan fingerprint density at radius 2 is 1.41 bits per heavy atom. The number of hydrogen-bond donors (Lipinski definition) is 0. The van der Waals surface area contributed by atoms with E-state index in [-0.39, 0.29) is 5.79 Å². The van der Waals surface area contributed by atoms with Gasteiger partial charge in [-0.3, -0.25) is 0 Å². The third-order valence-electron chi connectivity index (χ3n) is 5.34. The predicted octanol–water partition coefficient (Wildman–Crippen LogP) is 6.33. The summed E-state index contributed by atoms with van der Waals surface area (Å²) in [5.41, 5.74) is 0. The standard InChI is InChI=1S/C20H40O2/c1-5-8-9-10-11-12-15-18(4)20(21-6-2,22-7-3)19-16-13-14-17-19/h18-19H,5-17H2,1-4H3. The van der Waals surface area contributed by atoms with Crippen LogP contribution in [0.1, 0.15) is 98.3 Å². The molecule has 22 heavy (non-hydrogen) atoms. The van der Waals surface area contributed by atoms with E-state index in [0.717, 1.165) is 13.2 Å². The van der Waals surface area contributed by atoms with E-state index in [9.17, 15) is 0 Å². The zero-order valence-corrected chi connectivity index (χ0v) is 15.7. The topological polar surface area (TPSA) is 18.5 Å². The van der Waals surface area contributed by atoms with Crippen LogP contribution in [-0.2, 0) is 9.47 Å². The van der Waals surface area contributed by atoms with Crippen LogP contribution in [0.25, 0.3) is 0 Å². The lowest BCUT2D eigenvalue weighted by molar-refractivity contribution is -0.290. The molecule has 1 atom stereocenters. The number of unbranched alkanes of at least 4 members (excludes halogenated alkanes) is 5. The van der Waals surface area contributed by atoms with Crippen molar-refractivity contribution < 1.29 is 9.47 Å². The van der Waals surface area contributed by atoms with E-state index >= 15 is 0 Å². The summed E-state index contributed by atoms with van der Waals surface area (Å²) in [7, 11) is 0. The van der Waals surface area contributed by atoms with Crippen LogP contribution in [-0.4, -0.2) is 19.0 Å². The molecule has 0 bridgehead atoms. The first kappa shape index (κ1) is 20.0. The molecule has 0 heterocycles. The molecule has 1 rings (SSSR count). The fourth-order valence-corrected chi connectivity index (χ4v) is 4.18. The van der Waals surface area contributed by atoms with Gasteiger partial charge in [-0.1, -0.05) is 65.2 Å². The first-order valence-electron chi connectivity index (χ1n) is 9.99. The first-order valence-corrected chi connectivity index (χ1v) is 9.99. The van der Waals surface area contributed by atoms with E-state index in [0.29, 0.717) is 11.8 Å². The molecule has 0 aromatic heterocycles. The van der Waals surface area contributed by atoms with Crippen LogP contribution in [0.15, 0.2) is 0 Å². The third-order valence-corrected chi connectivity index (χ3v) is 5.34. The van der Waals surface area contributed by atoms with Gasteiger partial charge < -0.3 is 9.47 Å². The van der Waals surface area contributed by atoms with Crippen molar-refractivity contribution >= 4 is 0 Å². The Kier molecular flexibility index (Phi) is 10.4. The minimum Gasteiger partial charge on any atom is -0.350 e. The molecule has 2 nitrogen and oxygen atoms in total. The van der Waals surface area contributed by atoms with Gasteiger partial charge >= 0.3 is 0 Å². The number of hydrogen-bond acceptors (Lipinski definition) is 2. The van der Waals surface area contributed by atoms with Crippen LogP contribution in [0.4, 0.5) is 0 Å². The molecule has 0 radical (unpaired) electrons. The second kappa shape index (κ2) is 11.5. The molecule has 1 unspecified atom stereocenters. The van der Waals surface area contributed by atoms with Crippen LogP contribution in [0.2, 0.25) is 0 Å². The summed E-state index contributed by atoms with van der Waals surface area (Å²) in [5, 5.41) is 0. The van der Waals surface area contributed by atoms with Crippen LogP contribution < -0.4 is 0 Å². The summed E-state index contributed by atoms with van der Waals surface area (Å²) in [6.45, 7) is 10.4. The smallest absolute Gasteiger partial charge is 0.173 e. The van der Waals surface area contributed by atoms with Gasteiger partial charge in [0.25, 0.3) is 0 Å². The van der Waals surface area contributed by atoms with Crippen molar-refractivity contribution in [3.63, 3.8) is 0 Å². The summed E-state index contributed by atoms with van der Waals surface area (Å²) in [4.78, 5) is 0. The molecule has 0 N–H and O–H groups in total. The second-order valence-electron chi connectivity index (χ2n) is 7.03. The Morgan fingerprint density at radius 3 is 1.95 bits per heavy atom. The summed E-state index contributed by atoms with van der Waals surface area (Å²) in [5.74, 6) is 0.785. The highest BCUT2D eigenvalue weighted by Crippen LogP contribution is 2.43. The average Bonchev–Trinajstić information content (AvgIpc) is 3.05. The van der Waals surface area contributed by atoms with Gasteiger partial charge in [0.2, 0.25) is 0 Å². The zero-order valence-electron chi connectivity index (χ0n) is 15.7. The summed E-state index contributed by atoms with van der Waals surface area (Å²) < 4.78 is 12.6. The van der Waals surface area contributed by atoms with Gasteiger partial charge in [-0.05, 0) is 33.1 Å². The normalized spacial score (nSPS) is 18.0. The fourth-order valence-electron chi connectivity index (χ4n) is 4.18. The summed E-state index contributed by atoms with van der Waals surface area (Å²) in [6, 6.07) is 0. The van der Waals surface area contributed by atoms with Gasteiger partial charge in [0, 0.05) is 25.0 Å². The van der Waals surface area contributed by atoms with Crippen molar-refractivity contribution in [2.45, 2.75) is 104 Å². The molecular formula is C20H40O2. The molecule has 0 saturated heterocycles. The van der Waals surface area contributed by atoms with Crippen molar-refractivity contribution in [3.05, 3.63) is 0 Å². The predicted molar refractivity (Wildman–Crippen MR) is 95.1 cm³/mol. The second-order valence-corrected chi connectivity index (χ2v) is 7.03. The van der Waals surface area contributed by atoms with Crippen molar-refractivity contribution in [2.75, 3.05) is 13.2 Å². The summed E-state index contributed by atoms with van der Waals surface area (Å²) >= 11 is 0. The summed E-state index contributed by atoms with van der Waals surface area (Å²) in [6.07, 6.45) is 14.7. The highest BCUT2D eigenvalue weighted by molar-refractivity contribution is 4.88. The van der Waals surface area contributed by atoms with Crippen molar-refractivity contribution in [3.8, 4) is 0 Å². The molecule has 0 aliphatic heterocycles. The molecule has 1 aliphatic carbocycles. The molecule has 0 spiro atoms. The average molecular weight is 313 g/mol. The van der Waals surface area contributed by atoms with Gasteiger partial charge in [-0.15, -0.1) is 0 Å². The van der Waals surface area contributed by atoms with Crippen LogP contribution in [0.5, 0.6) is 0 Å². The van der Waals surface area contributed by atoms with Gasteiger partial charge in [-0.2, -0.15) is 0 Å². The Balaban J connectivity index is 2.52. The SMILES string of the molecule is CCCCCCCCC(C)C(OCC)(OCC)C1CCCC1. The van der Waals surface area contributed by atoms with E-state index < -0.39 is 0 Å². The molecule has 0 aromatic rings. The molecular weight excluding hydrogens is 272 g/mol. The van der Waals surface area contributed by atoms with Gasteiger partial charge in [0.05, 0.1) is 0 Å². The van der Waals surface area contributed by atoms with Gasteiger partial charge in [0.1, 0.15) is 0 Å². The van der Waals surface area contributed by atoms with Crippen LogP contribution in [0, 0.1) is 11.8 Å². The Labute approximate surface area is 139 Å². The van der Waals surface area contributed by atoms with Crippen molar-refractivity contribution in [1.29, 1.82) is 0 Å². The van der Waals surface area contributed by atoms with Crippen LogP contribution in [0.3, 0.4) is 0 Å². The maximum absolute atomic E-state index is 6.29.